The molecule has 2 saturated heterocycles. The third kappa shape index (κ3) is 7.76. The number of hydrogen-bond donors (Lipinski definition) is 4. The van der Waals surface area contributed by atoms with E-state index >= 15 is 0 Å². The zero-order chi connectivity index (χ0) is 45.8. The monoisotopic (exact) mass is 894 g/mol. The van der Waals surface area contributed by atoms with Crippen molar-refractivity contribution in [2.75, 3.05) is 34.5 Å². The number of aromatic amines is 2. The summed E-state index contributed by atoms with van der Waals surface area (Å²) in [6, 6.07) is 21.7. The van der Waals surface area contributed by atoms with E-state index in [4.69, 9.17) is 28.9 Å². The van der Waals surface area contributed by atoms with Gasteiger partial charge in [0.2, 0.25) is 5.91 Å². The van der Waals surface area contributed by atoms with Gasteiger partial charge in [-0.25, -0.2) is 19.6 Å². The lowest BCUT2D eigenvalue weighted by molar-refractivity contribution is -0.137. The first-order chi connectivity index (χ1) is 32.1. The van der Waals surface area contributed by atoms with Crippen molar-refractivity contribution in [2.24, 2.45) is 17.8 Å². The molecule has 4 amide bonds. The number of H-pyrrole nitrogens is 2. The quantitative estimate of drug-likeness (QED) is 0.0945. The van der Waals surface area contributed by atoms with Crippen molar-refractivity contribution >= 4 is 45.8 Å². The smallest absolute Gasteiger partial charge is 0.407 e. The first-order valence-electron chi connectivity index (χ1n) is 22.7. The maximum atomic E-state index is 14.4. The topological polar surface area (TPSA) is 193 Å². The number of methoxy groups -OCH3 is 3. The number of hydrogen-bond acceptors (Lipinski definition) is 10. The lowest BCUT2D eigenvalue weighted by Crippen LogP contribution is -2.52. The molecule has 66 heavy (non-hydrogen) atoms. The van der Waals surface area contributed by atoms with Crippen LogP contribution in [0.1, 0.15) is 80.4 Å². The van der Waals surface area contributed by atoms with E-state index < -0.39 is 30.3 Å². The Morgan fingerprint density at radius 1 is 0.864 bits per heavy atom. The van der Waals surface area contributed by atoms with Gasteiger partial charge in [0.15, 0.2) is 0 Å². The number of rotatable bonds is 12. The van der Waals surface area contributed by atoms with Crippen LogP contribution in [-0.2, 0) is 30.4 Å². The summed E-state index contributed by atoms with van der Waals surface area (Å²) in [6.45, 7) is 5.26. The fourth-order valence-corrected chi connectivity index (χ4v) is 10.4. The Kier molecular flexibility index (Phi) is 11.4. The molecule has 4 aromatic carbocycles. The molecule has 1 saturated carbocycles. The molecule has 16 nitrogen and oxygen atoms in total. The molecule has 0 radical (unpaired) electrons. The Bertz CT molecular complexity index is 2840. The fourth-order valence-electron chi connectivity index (χ4n) is 10.4. The average molecular weight is 895 g/mol. The second-order valence-corrected chi connectivity index (χ2v) is 18.1. The number of alkyl carbamates (subject to hydrolysis) is 2. The third-order valence-electron chi connectivity index (χ3n) is 14.1. The van der Waals surface area contributed by atoms with Crippen molar-refractivity contribution < 1.29 is 38.1 Å². The van der Waals surface area contributed by atoms with Gasteiger partial charge < -0.3 is 49.3 Å². The number of likely N-dealkylation sites (tertiary alicyclic amines) is 2. The summed E-state index contributed by atoms with van der Waals surface area (Å²) in [5, 5.41) is 7.50. The van der Waals surface area contributed by atoms with E-state index in [9.17, 15) is 19.2 Å². The minimum absolute atomic E-state index is 0.0595. The van der Waals surface area contributed by atoms with Crippen LogP contribution in [0.25, 0.3) is 44.2 Å². The van der Waals surface area contributed by atoms with Crippen molar-refractivity contribution in [2.45, 2.75) is 76.3 Å². The highest BCUT2D eigenvalue weighted by atomic mass is 16.5. The normalized spacial score (nSPS) is 21.9. The number of nitrogens with zero attached hydrogens (tertiary/aromatic N) is 4. The predicted molar refractivity (Wildman–Crippen MR) is 245 cm³/mol. The van der Waals surface area contributed by atoms with E-state index in [1.165, 1.54) is 14.2 Å². The molecule has 5 heterocycles. The molecular formula is C50H54N8O8. The Labute approximate surface area is 381 Å². The molecule has 3 aliphatic heterocycles. The van der Waals surface area contributed by atoms with Gasteiger partial charge in [-0.05, 0) is 83.0 Å². The summed E-state index contributed by atoms with van der Waals surface area (Å²) in [5.41, 5.74) is 7.16. The molecule has 8 atom stereocenters. The van der Waals surface area contributed by atoms with Gasteiger partial charge in [0, 0.05) is 36.6 Å². The van der Waals surface area contributed by atoms with Gasteiger partial charge in [0.05, 0.1) is 55.8 Å². The summed E-state index contributed by atoms with van der Waals surface area (Å²) < 4.78 is 21.8. The highest BCUT2D eigenvalue weighted by Gasteiger charge is 2.56. The minimum atomic E-state index is -0.954. The van der Waals surface area contributed by atoms with Crippen LogP contribution >= 0.6 is 0 Å². The Balaban J connectivity index is 0.912. The Morgan fingerprint density at radius 3 is 2.44 bits per heavy atom. The van der Waals surface area contributed by atoms with Crippen molar-refractivity contribution in [3.05, 3.63) is 102 Å². The van der Waals surface area contributed by atoms with Crippen molar-refractivity contribution in [1.82, 2.24) is 40.4 Å². The largest absolute Gasteiger partial charge is 0.488 e. The number of benzene rings is 4. The standard InChI is InChI=1S/C50H54N8O8/c1-6-26(2)42(55-49(61)64-4)48(60)58-38-19-31(38)20-40(58)45-51-22-37(53-45)30-12-14-33-32(17-30)25-66-41-21-34-29(18-35(33)41)13-15-36-44(34)54-46(52-36)39-16-27(24-63-3)23-57(39)47(59)43(56-50(62)65-5)28-10-8-7-9-11-28/h7-15,17-18,21-22,26-27,31,38-40,42-43H,6,16,19-20,23-25H2,1-5H3,(H,51,53)(H,52,54)(H,55,61)(H,56,62)/t26-,27-,31+,38+,39-,40-,42-,43+/m0/s1. The Hall–Kier alpha value is -6.94. The lowest BCUT2D eigenvalue weighted by atomic mass is 9.92. The van der Waals surface area contributed by atoms with Crippen molar-refractivity contribution in [3.63, 3.8) is 0 Å². The van der Waals surface area contributed by atoms with Crippen LogP contribution in [0, 0.1) is 17.8 Å². The molecule has 16 heteroatoms. The SMILES string of the molecule is CC[C@H](C)[C@H](NC(=O)OC)C(=O)N1[C@@H]2C[C@@H]2C[C@H]1c1ncc(-c2ccc3c(c2)COc2cc4c(ccc5nc([C@@H]6C[C@H](COC)CN6C(=O)[C@H](NC(=O)OC)c6ccccc6)[nH]c54)cc2-3)[nH]1. The number of fused-ring (bicyclic) bond motifs is 7. The van der Waals surface area contributed by atoms with Crippen LogP contribution < -0.4 is 15.4 Å². The van der Waals surface area contributed by atoms with E-state index in [1.807, 2.05) is 61.3 Å². The number of ether oxygens (including phenoxy) is 4. The summed E-state index contributed by atoms with van der Waals surface area (Å²) >= 11 is 0. The van der Waals surface area contributed by atoms with Crippen molar-refractivity contribution in [1.29, 1.82) is 0 Å². The Morgan fingerprint density at radius 2 is 1.67 bits per heavy atom. The molecule has 2 aromatic heterocycles. The molecule has 0 spiro atoms. The average Bonchev–Trinajstić information content (AvgIpc) is 3.81. The van der Waals surface area contributed by atoms with E-state index in [2.05, 4.69) is 57.0 Å². The zero-order valence-electron chi connectivity index (χ0n) is 37.6. The van der Waals surface area contributed by atoms with Crippen LogP contribution in [0.5, 0.6) is 5.75 Å². The van der Waals surface area contributed by atoms with Crippen LogP contribution in [-0.4, -0.2) is 100 Å². The molecule has 10 rings (SSSR count). The summed E-state index contributed by atoms with van der Waals surface area (Å²) in [4.78, 5) is 74.0. The summed E-state index contributed by atoms with van der Waals surface area (Å²) in [5.74, 6) is 2.21. The number of amides is 4. The van der Waals surface area contributed by atoms with Gasteiger partial charge in [0.25, 0.3) is 5.91 Å². The zero-order valence-corrected chi connectivity index (χ0v) is 37.6. The van der Waals surface area contributed by atoms with E-state index in [1.54, 1.807) is 12.0 Å². The van der Waals surface area contributed by atoms with E-state index in [0.717, 1.165) is 80.6 Å². The van der Waals surface area contributed by atoms with Crippen molar-refractivity contribution in [3.8, 4) is 28.1 Å². The van der Waals surface area contributed by atoms with Gasteiger partial charge in [-0.15, -0.1) is 0 Å². The molecule has 6 aromatic rings. The highest BCUT2D eigenvalue weighted by molar-refractivity contribution is 6.07. The van der Waals surface area contributed by atoms with Gasteiger partial charge in [-0.2, -0.15) is 0 Å². The molecule has 4 aliphatic rings. The third-order valence-corrected chi connectivity index (χ3v) is 14.1. The van der Waals surface area contributed by atoms with E-state index in [0.29, 0.717) is 43.5 Å². The van der Waals surface area contributed by atoms with Crippen LogP contribution in [0.2, 0.25) is 0 Å². The number of carbonyl (C=O) groups excluding carboxylic acids is 4. The van der Waals surface area contributed by atoms with Crippen LogP contribution in [0.15, 0.2) is 79.0 Å². The number of imidazole rings is 2. The maximum Gasteiger partial charge on any atom is 0.407 e. The molecule has 3 fully saturated rings. The summed E-state index contributed by atoms with van der Waals surface area (Å²) in [7, 11) is 4.24. The number of carbonyl (C=O) groups is 4. The molecule has 0 bridgehead atoms. The molecule has 4 N–H and O–H groups in total. The second-order valence-electron chi connectivity index (χ2n) is 18.1. The highest BCUT2D eigenvalue weighted by Crippen LogP contribution is 2.53. The number of aromatic nitrogens is 4. The number of piperidine rings is 1. The van der Waals surface area contributed by atoms with Crippen LogP contribution in [0.3, 0.4) is 0 Å². The molecule has 0 unspecified atom stereocenters. The van der Waals surface area contributed by atoms with Gasteiger partial charge in [-0.1, -0.05) is 68.8 Å². The molecule has 1 aliphatic carbocycles. The first-order valence-corrected chi connectivity index (χ1v) is 22.7. The van der Waals surface area contributed by atoms with Gasteiger partial charge in [0.1, 0.15) is 36.1 Å². The lowest BCUT2D eigenvalue weighted by Gasteiger charge is -2.32. The second kappa shape index (κ2) is 17.5. The summed E-state index contributed by atoms with van der Waals surface area (Å²) in [6.07, 6.45) is 3.66. The molecule has 342 valence electrons. The van der Waals surface area contributed by atoms with Gasteiger partial charge >= 0.3 is 12.2 Å². The first kappa shape index (κ1) is 43.0. The minimum Gasteiger partial charge on any atom is -0.488 e. The van der Waals surface area contributed by atoms with E-state index in [-0.39, 0.29) is 35.7 Å². The van der Waals surface area contributed by atoms with Gasteiger partial charge in [-0.3, -0.25) is 9.59 Å². The maximum absolute atomic E-state index is 14.4. The van der Waals surface area contributed by atoms with Crippen LogP contribution in [0.4, 0.5) is 9.59 Å². The number of nitrogens with one attached hydrogen (secondary N) is 4. The fraction of sp³-hybridized carbons (Fsp3) is 0.400. The molecular weight excluding hydrogens is 841 g/mol. The predicted octanol–water partition coefficient (Wildman–Crippen LogP) is 7.73.